The van der Waals surface area contributed by atoms with Crippen molar-refractivity contribution in [3.8, 4) is 0 Å². The third-order valence-electron chi connectivity index (χ3n) is 2.69. The van der Waals surface area contributed by atoms with Crippen LogP contribution in [0, 0.1) is 6.92 Å². The molecule has 0 spiro atoms. The van der Waals surface area contributed by atoms with Crippen LogP contribution >= 0.6 is 0 Å². The van der Waals surface area contributed by atoms with Crippen molar-refractivity contribution in [1.29, 1.82) is 0 Å². The van der Waals surface area contributed by atoms with Gasteiger partial charge in [0.25, 0.3) is 0 Å². The van der Waals surface area contributed by atoms with Crippen molar-refractivity contribution in [3.63, 3.8) is 0 Å². The molecular weight excluding hydrogens is 204 g/mol. The number of rotatable bonds is 0. The van der Waals surface area contributed by atoms with Crippen molar-refractivity contribution in [1.82, 2.24) is 19.5 Å². The highest BCUT2D eigenvalue weighted by Crippen LogP contribution is 2.19. The lowest BCUT2D eigenvalue weighted by molar-refractivity contribution is 0.892. The van der Waals surface area contributed by atoms with Crippen molar-refractivity contribution in [2.24, 2.45) is 7.05 Å². The van der Waals surface area contributed by atoms with E-state index in [1.807, 2.05) is 19.1 Å². The van der Waals surface area contributed by atoms with Crippen molar-refractivity contribution in [3.05, 3.63) is 34.5 Å². The second kappa shape index (κ2) is 2.91. The number of hydrogen-bond donors (Lipinski definition) is 1. The number of fused-ring (bicyclic) bond motifs is 3. The van der Waals surface area contributed by atoms with Gasteiger partial charge in [-0.2, -0.15) is 0 Å². The highest BCUT2D eigenvalue weighted by molar-refractivity contribution is 6.00. The predicted molar refractivity (Wildman–Crippen MR) is 61.4 cm³/mol. The van der Waals surface area contributed by atoms with Gasteiger partial charge in [-0.3, -0.25) is 9.55 Å². The Bertz CT molecular complexity index is 754. The van der Waals surface area contributed by atoms with Gasteiger partial charge in [0.15, 0.2) is 0 Å². The lowest BCUT2D eigenvalue weighted by Crippen LogP contribution is -2.12. The van der Waals surface area contributed by atoms with Gasteiger partial charge >= 0.3 is 5.69 Å². The lowest BCUT2D eigenvalue weighted by Gasteiger charge is -2.00. The number of nitrogens with zero attached hydrogens (tertiary/aromatic N) is 3. The second-order valence-electron chi connectivity index (χ2n) is 3.83. The standard InChI is InChI=1S/C11H10N4O/c1-6-5-12-7-3-4-8-10(9(7)13-6)15(2)11(16)14-8/h3-5H,1-2H3,(H,14,16). The molecule has 0 atom stereocenters. The van der Waals surface area contributed by atoms with Gasteiger partial charge in [0.2, 0.25) is 0 Å². The molecule has 16 heavy (non-hydrogen) atoms. The van der Waals surface area contributed by atoms with Crippen LogP contribution in [-0.4, -0.2) is 19.5 Å². The first kappa shape index (κ1) is 9.08. The van der Waals surface area contributed by atoms with Crippen LogP contribution in [0.15, 0.2) is 23.1 Å². The number of nitrogens with one attached hydrogen (secondary N) is 1. The van der Waals surface area contributed by atoms with Gasteiger partial charge in [-0.15, -0.1) is 0 Å². The Morgan fingerprint density at radius 1 is 1.38 bits per heavy atom. The monoisotopic (exact) mass is 214 g/mol. The normalized spacial score (nSPS) is 11.4. The molecule has 0 fully saturated rings. The largest absolute Gasteiger partial charge is 0.326 e. The fourth-order valence-electron chi connectivity index (χ4n) is 1.89. The maximum absolute atomic E-state index is 11.5. The van der Waals surface area contributed by atoms with E-state index in [1.54, 1.807) is 17.8 Å². The Kier molecular flexibility index (Phi) is 1.65. The molecule has 80 valence electrons. The summed E-state index contributed by atoms with van der Waals surface area (Å²) in [6.45, 7) is 1.88. The molecule has 1 N–H and O–H groups in total. The van der Waals surface area contributed by atoms with Crippen LogP contribution in [0.5, 0.6) is 0 Å². The average Bonchev–Trinajstić information content (AvgIpc) is 2.55. The highest BCUT2D eigenvalue weighted by atomic mass is 16.1. The van der Waals surface area contributed by atoms with Gasteiger partial charge in [-0.25, -0.2) is 9.78 Å². The minimum Gasteiger partial charge on any atom is -0.305 e. The molecule has 0 saturated heterocycles. The van der Waals surface area contributed by atoms with Crippen LogP contribution in [-0.2, 0) is 7.05 Å². The van der Waals surface area contributed by atoms with Gasteiger partial charge in [0.1, 0.15) is 5.52 Å². The van der Waals surface area contributed by atoms with E-state index in [0.717, 1.165) is 27.8 Å². The lowest BCUT2D eigenvalue weighted by atomic mass is 10.2. The van der Waals surface area contributed by atoms with E-state index in [0.29, 0.717) is 0 Å². The van der Waals surface area contributed by atoms with Crippen LogP contribution in [0.4, 0.5) is 0 Å². The van der Waals surface area contributed by atoms with Crippen molar-refractivity contribution >= 4 is 22.1 Å². The third kappa shape index (κ3) is 1.08. The van der Waals surface area contributed by atoms with Crippen LogP contribution in [0.25, 0.3) is 22.1 Å². The number of H-pyrrole nitrogens is 1. The predicted octanol–water partition coefficient (Wildman–Crippen LogP) is 1.12. The molecular formula is C11H10N4O. The van der Waals surface area contributed by atoms with Crippen molar-refractivity contribution < 1.29 is 0 Å². The molecule has 3 rings (SSSR count). The summed E-state index contributed by atoms with van der Waals surface area (Å²) in [6.07, 6.45) is 1.72. The summed E-state index contributed by atoms with van der Waals surface area (Å²) in [5.41, 5.74) is 3.86. The minimum absolute atomic E-state index is 0.134. The van der Waals surface area contributed by atoms with Gasteiger partial charge in [-0.05, 0) is 19.1 Å². The number of aryl methyl sites for hydroxylation is 2. The maximum atomic E-state index is 11.5. The zero-order valence-electron chi connectivity index (χ0n) is 8.98. The molecule has 2 aromatic heterocycles. The first-order valence-electron chi connectivity index (χ1n) is 4.98. The summed E-state index contributed by atoms with van der Waals surface area (Å²) in [7, 11) is 1.73. The molecule has 5 nitrogen and oxygen atoms in total. The van der Waals surface area contributed by atoms with E-state index in [-0.39, 0.29) is 5.69 Å². The first-order chi connectivity index (χ1) is 7.66. The van der Waals surface area contributed by atoms with E-state index < -0.39 is 0 Å². The zero-order valence-corrected chi connectivity index (χ0v) is 8.98. The number of aromatic amines is 1. The molecule has 1 aromatic carbocycles. The number of imidazole rings is 1. The van der Waals surface area contributed by atoms with E-state index in [4.69, 9.17) is 0 Å². The zero-order chi connectivity index (χ0) is 11.3. The quantitative estimate of drug-likeness (QED) is 0.610. The highest BCUT2D eigenvalue weighted by Gasteiger charge is 2.09. The Morgan fingerprint density at radius 2 is 2.19 bits per heavy atom. The second-order valence-corrected chi connectivity index (χ2v) is 3.83. The number of hydrogen-bond acceptors (Lipinski definition) is 3. The molecule has 0 aliphatic carbocycles. The molecule has 0 radical (unpaired) electrons. The summed E-state index contributed by atoms with van der Waals surface area (Å²) in [5.74, 6) is 0. The van der Waals surface area contributed by atoms with Gasteiger partial charge in [0, 0.05) is 13.2 Å². The molecule has 0 aliphatic heterocycles. The fourth-order valence-corrected chi connectivity index (χ4v) is 1.89. The van der Waals surface area contributed by atoms with Crippen molar-refractivity contribution in [2.75, 3.05) is 0 Å². The fraction of sp³-hybridized carbons (Fsp3) is 0.182. The summed E-state index contributed by atoms with van der Waals surface area (Å²) in [4.78, 5) is 23.0. The topological polar surface area (TPSA) is 63.6 Å². The summed E-state index contributed by atoms with van der Waals surface area (Å²) in [6, 6.07) is 3.71. The minimum atomic E-state index is -0.134. The summed E-state index contributed by atoms with van der Waals surface area (Å²) in [5, 5.41) is 0. The van der Waals surface area contributed by atoms with Gasteiger partial charge in [-0.1, -0.05) is 0 Å². The molecule has 0 amide bonds. The Labute approximate surface area is 90.8 Å². The van der Waals surface area contributed by atoms with E-state index in [2.05, 4.69) is 15.0 Å². The van der Waals surface area contributed by atoms with Crippen LogP contribution in [0.2, 0.25) is 0 Å². The van der Waals surface area contributed by atoms with E-state index in [9.17, 15) is 4.79 Å². The van der Waals surface area contributed by atoms with Crippen molar-refractivity contribution in [2.45, 2.75) is 6.92 Å². The smallest absolute Gasteiger partial charge is 0.305 e. The molecule has 0 unspecified atom stereocenters. The SMILES string of the molecule is Cc1cnc2ccc3[nH]c(=O)n(C)c3c2n1. The Balaban J connectivity index is 2.66. The first-order valence-corrected chi connectivity index (χ1v) is 4.98. The summed E-state index contributed by atoms with van der Waals surface area (Å²) >= 11 is 0. The molecule has 3 aromatic rings. The van der Waals surface area contributed by atoms with Crippen LogP contribution in [0.3, 0.4) is 0 Å². The van der Waals surface area contributed by atoms with Gasteiger partial charge < -0.3 is 4.98 Å². The van der Waals surface area contributed by atoms with Crippen LogP contribution < -0.4 is 5.69 Å². The number of benzene rings is 1. The molecule has 0 bridgehead atoms. The Morgan fingerprint density at radius 3 is 3.00 bits per heavy atom. The molecule has 5 heteroatoms. The third-order valence-corrected chi connectivity index (χ3v) is 2.69. The van der Waals surface area contributed by atoms with E-state index in [1.165, 1.54) is 0 Å². The molecule has 0 aliphatic rings. The van der Waals surface area contributed by atoms with Crippen LogP contribution in [0.1, 0.15) is 5.69 Å². The maximum Gasteiger partial charge on any atom is 0.326 e. The summed E-state index contributed by atoms with van der Waals surface area (Å²) < 4.78 is 1.56. The number of aromatic nitrogens is 4. The van der Waals surface area contributed by atoms with Gasteiger partial charge in [0.05, 0.1) is 22.2 Å². The molecule has 0 saturated carbocycles. The van der Waals surface area contributed by atoms with E-state index >= 15 is 0 Å². The average molecular weight is 214 g/mol. The molecule has 2 heterocycles. The Hall–Kier alpha value is -2.17.